The number of likely N-dealkylation sites (tertiary alicyclic amines) is 1. The number of hydrogen-bond acceptors (Lipinski definition) is 4. The van der Waals surface area contributed by atoms with Crippen LogP contribution in [-0.2, 0) is 20.8 Å². The van der Waals surface area contributed by atoms with Gasteiger partial charge in [-0.05, 0) is 44.9 Å². The summed E-state index contributed by atoms with van der Waals surface area (Å²) in [7, 11) is 3.32. The summed E-state index contributed by atoms with van der Waals surface area (Å²) in [6.45, 7) is 2.24. The van der Waals surface area contributed by atoms with E-state index in [1.807, 2.05) is 31.2 Å². The number of hydrogen-bond donors (Lipinski definition) is 4. The first kappa shape index (κ1) is 20.9. The quantitative estimate of drug-likeness (QED) is 0.494. The van der Waals surface area contributed by atoms with Gasteiger partial charge in [-0.2, -0.15) is 0 Å². The number of benzene rings is 1. The molecule has 1 aliphatic heterocycles. The van der Waals surface area contributed by atoms with Gasteiger partial charge < -0.3 is 25.8 Å². The lowest BCUT2D eigenvalue weighted by Gasteiger charge is -2.26. The Morgan fingerprint density at radius 2 is 2.03 bits per heavy atom. The van der Waals surface area contributed by atoms with Crippen LogP contribution in [0.3, 0.4) is 0 Å². The van der Waals surface area contributed by atoms with Gasteiger partial charge in [0.1, 0.15) is 6.04 Å². The fourth-order valence-electron chi connectivity index (χ4n) is 4.27. The Hall–Kier alpha value is -2.87. The van der Waals surface area contributed by atoms with Crippen LogP contribution in [0.2, 0.25) is 0 Å². The van der Waals surface area contributed by atoms with E-state index < -0.39 is 6.04 Å². The molecule has 1 aromatic heterocycles. The molecule has 8 heteroatoms. The van der Waals surface area contributed by atoms with Crippen molar-refractivity contribution in [2.24, 2.45) is 0 Å². The molecule has 29 heavy (non-hydrogen) atoms. The maximum absolute atomic E-state index is 12.2. The first-order valence-electron chi connectivity index (χ1n) is 9.97. The molecule has 1 saturated heterocycles. The highest BCUT2D eigenvalue weighted by Crippen LogP contribution is 2.39. The number of H-pyrrole nitrogens is 1. The average Bonchev–Trinajstić information content (AvgIpc) is 3.28. The Bertz CT molecular complexity index is 894. The second-order valence-electron chi connectivity index (χ2n) is 7.54. The van der Waals surface area contributed by atoms with Gasteiger partial charge in [-0.25, -0.2) is 0 Å². The van der Waals surface area contributed by atoms with E-state index in [0.717, 1.165) is 28.6 Å². The van der Waals surface area contributed by atoms with Crippen LogP contribution in [0, 0.1) is 0 Å². The molecule has 0 aliphatic carbocycles. The molecular weight excluding hydrogens is 370 g/mol. The Morgan fingerprint density at radius 1 is 1.28 bits per heavy atom. The van der Waals surface area contributed by atoms with E-state index in [1.165, 1.54) is 0 Å². The molecule has 3 atom stereocenters. The van der Waals surface area contributed by atoms with Crippen molar-refractivity contribution in [2.45, 2.75) is 44.3 Å². The fraction of sp³-hybridized carbons (Fsp3) is 0.476. The summed E-state index contributed by atoms with van der Waals surface area (Å²) >= 11 is 0. The number of amides is 3. The second-order valence-corrected chi connectivity index (χ2v) is 7.54. The Kier molecular flexibility index (Phi) is 6.53. The van der Waals surface area contributed by atoms with Crippen molar-refractivity contribution in [3.05, 3.63) is 35.5 Å². The van der Waals surface area contributed by atoms with Gasteiger partial charge in [-0.3, -0.25) is 14.4 Å². The number of aromatic nitrogens is 1. The third-order valence-electron chi connectivity index (χ3n) is 5.54. The van der Waals surface area contributed by atoms with Crippen LogP contribution in [-0.4, -0.2) is 60.8 Å². The molecule has 0 spiro atoms. The zero-order valence-corrected chi connectivity index (χ0v) is 17.1. The molecule has 2 heterocycles. The number of rotatable bonds is 8. The van der Waals surface area contributed by atoms with Gasteiger partial charge in [0.25, 0.3) is 0 Å². The highest BCUT2D eigenvalue weighted by atomic mass is 16.2. The SMILES string of the molecule is CNCC(=O)NC(C)Cc1c(C2CCC(C(=O)NC)N2C=O)[nH]c2ccccc12. The minimum atomic E-state index is -0.463. The third kappa shape index (κ3) is 4.27. The molecule has 3 unspecified atom stereocenters. The Balaban J connectivity index is 1.94. The molecule has 1 aliphatic rings. The zero-order valence-electron chi connectivity index (χ0n) is 17.1. The van der Waals surface area contributed by atoms with Crippen molar-refractivity contribution in [3.8, 4) is 0 Å². The van der Waals surface area contributed by atoms with Crippen molar-refractivity contribution in [1.82, 2.24) is 25.8 Å². The molecule has 8 nitrogen and oxygen atoms in total. The lowest BCUT2D eigenvalue weighted by molar-refractivity contribution is -0.132. The van der Waals surface area contributed by atoms with Crippen LogP contribution in [0.5, 0.6) is 0 Å². The lowest BCUT2D eigenvalue weighted by atomic mass is 9.98. The van der Waals surface area contributed by atoms with Crippen LogP contribution in [0.4, 0.5) is 0 Å². The van der Waals surface area contributed by atoms with Crippen LogP contribution < -0.4 is 16.0 Å². The molecule has 3 rings (SSSR count). The van der Waals surface area contributed by atoms with Gasteiger partial charge in [-0.1, -0.05) is 18.2 Å². The summed E-state index contributed by atoms with van der Waals surface area (Å²) in [5.41, 5.74) is 3.01. The fourth-order valence-corrected chi connectivity index (χ4v) is 4.27. The molecular formula is C21H29N5O3. The van der Waals surface area contributed by atoms with Gasteiger partial charge in [-0.15, -0.1) is 0 Å². The summed E-state index contributed by atoms with van der Waals surface area (Å²) in [6.07, 6.45) is 2.72. The average molecular weight is 399 g/mol. The highest BCUT2D eigenvalue weighted by molar-refractivity contribution is 5.86. The number of para-hydroxylation sites is 1. The molecule has 1 fully saturated rings. The van der Waals surface area contributed by atoms with E-state index in [1.54, 1.807) is 19.0 Å². The molecule has 1 aromatic carbocycles. The number of aromatic amines is 1. The van der Waals surface area contributed by atoms with E-state index >= 15 is 0 Å². The molecule has 3 amide bonds. The van der Waals surface area contributed by atoms with Crippen LogP contribution >= 0.6 is 0 Å². The summed E-state index contributed by atoms with van der Waals surface area (Å²) in [6, 6.07) is 7.25. The van der Waals surface area contributed by atoms with Gasteiger partial charge in [0.15, 0.2) is 0 Å². The van der Waals surface area contributed by atoms with Crippen molar-refractivity contribution >= 4 is 29.1 Å². The summed E-state index contributed by atoms with van der Waals surface area (Å²) in [5, 5.41) is 9.57. The topological polar surface area (TPSA) is 106 Å². The molecule has 2 aromatic rings. The normalized spacial score (nSPS) is 19.9. The number of likely N-dealkylation sites (N-methyl/N-ethyl adjacent to an activating group) is 2. The summed E-state index contributed by atoms with van der Waals surface area (Å²) < 4.78 is 0. The summed E-state index contributed by atoms with van der Waals surface area (Å²) in [5.74, 6) is -0.207. The number of fused-ring (bicyclic) bond motifs is 1. The van der Waals surface area contributed by atoms with Crippen LogP contribution in [0.1, 0.15) is 37.1 Å². The predicted molar refractivity (Wildman–Crippen MR) is 111 cm³/mol. The molecule has 0 saturated carbocycles. The second kappa shape index (κ2) is 9.09. The third-order valence-corrected chi connectivity index (χ3v) is 5.54. The number of nitrogens with zero attached hydrogens (tertiary/aromatic N) is 1. The number of carbonyl (C=O) groups excluding carboxylic acids is 3. The number of carbonyl (C=O) groups is 3. The molecule has 4 N–H and O–H groups in total. The van der Waals surface area contributed by atoms with Gasteiger partial charge >= 0.3 is 0 Å². The Labute approximate surface area is 170 Å². The van der Waals surface area contributed by atoms with E-state index in [0.29, 0.717) is 19.3 Å². The predicted octanol–water partition coefficient (Wildman–Crippen LogP) is 0.842. The Morgan fingerprint density at radius 3 is 2.72 bits per heavy atom. The smallest absolute Gasteiger partial charge is 0.242 e. The molecule has 0 bridgehead atoms. The minimum Gasteiger partial charge on any atom is -0.357 e. The number of nitrogens with one attached hydrogen (secondary N) is 4. The van der Waals surface area contributed by atoms with Crippen LogP contribution in [0.15, 0.2) is 24.3 Å². The van der Waals surface area contributed by atoms with Gasteiger partial charge in [0.2, 0.25) is 18.2 Å². The minimum absolute atomic E-state index is 0.0588. The first-order valence-corrected chi connectivity index (χ1v) is 9.97. The first-order chi connectivity index (χ1) is 14.0. The van der Waals surface area contributed by atoms with Gasteiger partial charge in [0.05, 0.1) is 12.6 Å². The van der Waals surface area contributed by atoms with E-state index in [9.17, 15) is 14.4 Å². The highest BCUT2D eigenvalue weighted by Gasteiger charge is 2.39. The largest absolute Gasteiger partial charge is 0.357 e. The van der Waals surface area contributed by atoms with Crippen molar-refractivity contribution in [3.63, 3.8) is 0 Å². The monoisotopic (exact) mass is 399 g/mol. The molecule has 0 radical (unpaired) electrons. The van der Waals surface area contributed by atoms with Crippen molar-refractivity contribution in [2.75, 3.05) is 20.6 Å². The van der Waals surface area contributed by atoms with E-state index in [4.69, 9.17) is 0 Å². The van der Waals surface area contributed by atoms with Crippen molar-refractivity contribution < 1.29 is 14.4 Å². The summed E-state index contributed by atoms with van der Waals surface area (Å²) in [4.78, 5) is 41.1. The van der Waals surface area contributed by atoms with Crippen molar-refractivity contribution in [1.29, 1.82) is 0 Å². The zero-order chi connectivity index (χ0) is 21.0. The maximum Gasteiger partial charge on any atom is 0.242 e. The van der Waals surface area contributed by atoms with E-state index in [2.05, 4.69) is 20.9 Å². The molecule has 156 valence electrons. The standard InChI is InChI=1S/C21H29N5O3/c1-13(24-19(28)11-22-2)10-15-14-6-4-5-7-16(14)25-20(15)17-8-9-18(21(29)23-3)26(17)12-27/h4-7,12-13,17-18,22,25H,8-11H2,1-3H3,(H,23,29)(H,24,28). The van der Waals surface area contributed by atoms with Crippen LogP contribution in [0.25, 0.3) is 10.9 Å². The maximum atomic E-state index is 12.2. The lowest BCUT2D eigenvalue weighted by Crippen LogP contribution is -2.42. The van der Waals surface area contributed by atoms with Gasteiger partial charge in [0, 0.05) is 29.7 Å². The van der Waals surface area contributed by atoms with E-state index in [-0.39, 0.29) is 30.4 Å².